The molecular weight excluding hydrogens is 306 g/mol. The van der Waals surface area contributed by atoms with Crippen LogP contribution in [0.5, 0.6) is 5.75 Å². The lowest BCUT2D eigenvalue weighted by Crippen LogP contribution is -2.14. The Balaban J connectivity index is 2.32. The molecule has 0 aromatic heterocycles. The highest BCUT2D eigenvalue weighted by atomic mass is 79.9. The fourth-order valence-corrected chi connectivity index (χ4v) is 2.43. The average Bonchev–Trinajstić information content (AvgIpc) is 2.34. The summed E-state index contributed by atoms with van der Waals surface area (Å²) in [5.41, 5.74) is 2.98. The highest BCUT2D eigenvalue weighted by molar-refractivity contribution is 9.10. The van der Waals surface area contributed by atoms with E-state index < -0.39 is 0 Å². The van der Waals surface area contributed by atoms with Crippen molar-refractivity contribution in [2.45, 2.75) is 13.8 Å². The summed E-state index contributed by atoms with van der Waals surface area (Å²) in [6.07, 6.45) is 0. The number of nitrogens with one attached hydrogen (secondary N) is 1. The van der Waals surface area contributed by atoms with E-state index in [4.69, 9.17) is 0 Å². The lowest BCUT2D eigenvalue weighted by molar-refractivity contribution is 0.102. The van der Waals surface area contributed by atoms with E-state index in [2.05, 4.69) is 21.2 Å². The zero-order valence-electron chi connectivity index (χ0n) is 10.7. The third-order valence-corrected chi connectivity index (χ3v) is 3.57. The van der Waals surface area contributed by atoms with E-state index in [0.717, 1.165) is 21.3 Å². The first-order valence-corrected chi connectivity index (χ1v) is 6.64. The van der Waals surface area contributed by atoms with Crippen LogP contribution >= 0.6 is 15.9 Å². The highest BCUT2D eigenvalue weighted by Gasteiger charge is 2.12. The minimum absolute atomic E-state index is 0.177. The third kappa shape index (κ3) is 2.96. The summed E-state index contributed by atoms with van der Waals surface area (Å²) >= 11 is 3.36. The molecule has 0 saturated carbocycles. The summed E-state index contributed by atoms with van der Waals surface area (Å²) in [4.78, 5) is 12.2. The van der Waals surface area contributed by atoms with E-state index >= 15 is 0 Å². The van der Waals surface area contributed by atoms with Crippen LogP contribution in [0, 0.1) is 13.8 Å². The van der Waals surface area contributed by atoms with Gasteiger partial charge in [0.05, 0.1) is 5.56 Å². The summed E-state index contributed by atoms with van der Waals surface area (Å²) in [5, 5.41) is 12.4. The molecule has 2 rings (SSSR count). The number of hydrogen-bond acceptors (Lipinski definition) is 2. The first-order chi connectivity index (χ1) is 8.99. The van der Waals surface area contributed by atoms with Gasteiger partial charge >= 0.3 is 0 Å². The number of benzene rings is 2. The monoisotopic (exact) mass is 319 g/mol. The SMILES string of the molecule is Cc1cc(O)cc(C)c1NC(=O)c1ccccc1Br. The van der Waals surface area contributed by atoms with Gasteiger partial charge in [0.15, 0.2) is 0 Å². The Morgan fingerprint density at radius 3 is 2.32 bits per heavy atom. The van der Waals surface area contributed by atoms with Gasteiger partial charge in [-0.2, -0.15) is 0 Å². The van der Waals surface area contributed by atoms with Gasteiger partial charge in [0.2, 0.25) is 0 Å². The molecule has 0 radical (unpaired) electrons. The molecule has 1 amide bonds. The van der Waals surface area contributed by atoms with E-state index in [9.17, 15) is 9.90 Å². The summed E-state index contributed by atoms with van der Waals surface area (Å²) in [7, 11) is 0. The van der Waals surface area contributed by atoms with Crippen molar-refractivity contribution in [1.82, 2.24) is 0 Å². The highest BCUT2D eigenvalue weighted by Crippen LogP contribution is 2.26. The molecule has 4 heteroatoms. The Bertz CT molecular complexity index is 615. The van der Waals surface area contributed by atoms with Crippen molar-refractivity contribution in [2.75, 3.05) is 5.32 Å². The molecule has 98 valence electrons. The van der Waals surface area contributed by atoms with Crippen LogP contribution in [-0.4, -0.2) is 11.0 Å². The van der Waals surface area contributed by atoms with Gasteiger partial charge in [0, 0.05) is 10.2 Å². The van der Waals surface area contributed by atoms with E-state index in [-0.39, 0.29) is 11.7 Å². The molecule has 0 bridgehead atoms. The minimum atomic E-state index is -0.177. The number of carbonyl (C=O) groups excluding carboxylic acids is 1. The number of aromatic hydroxyl groups is 1. The van der Waals surface area contributed by atoms with Crippen molar-refractivity contribution in [2.24, 2.45) is 0 Å². The summed E-state index contributed by atoms with van der Waals surface area (Å²) in [6, 6.07) is 10.5. The fraction of sp³-hybridized carbons (Fsp3) is 0.133. The quantitative estimate of drug-likeness (QED) is 0.821. The van der Waals surface area contributed by atoms with E-state index in [1.807, 2.05) is 32.0 Å². The number of carbonyl (C=O) groups is 1. The molecule has 0 saturated heterocycles. The number of rotatable bonds is 2. The van der Waals surface area contributed by atoms with Crippen LogP contribution in [0.25, 0.3) is 0 Å². The maximum Gasteiger partial charge on any atom is 0.256 e. The van der Waals surface area contributed by atoms with Gasteiger partial charge in [-0.1, -0.05) is 12.1 Å². The predicted molar refractivity (Wildman–Crippen MR) is 79.7 cm³/mol. The van der Waals surface area contributed by atoms with Gasteiger partial charge in [0.1, 0.15) is 5.75 Å². The molecule has 3 nitrogen and oxygen atoms in total. The molecule has 2 aromatic carbocycles. The number of hydrogen-bond donors (Lipinski definition) is 2. The Hall–Kier alpha value is -1.81. The van der Waals surface area contributed by atoms with Crippen LogP contribution < -0.4 is 5.32 Å². The number of amides is 1. The Labute approximate surface area is 120 Å². The van der Waals surface area contributed by atoms with Gasteiger partial charge in [-0.25, -0.2) is 0 Å². The second kappa shape index (κ2) is 5.45. The lowest BCUT2D eigenvalue weighted by Gasteiger charge is -2.13. The smallest absolute Gasteiger partial charge is 0.256 e. The van der Waals surface area contributed by atoms with Crippen molar-refractivity contribution < 1.29 is 9.90 Å². The first kappa shape index (κ1) is 13.6. The normalized spacial score (nSPS) is 10.3. The van der Waals surface area contributed by atoms with Gasteiger partial charge in [-0.3, -0.25) is 4.79 Å². The Morgan fingerprint density at radius 2 is 1.74 bits per heavy atom. The maximum absolute atomic E-state index is 12.2. The van der Waals surface area contributed by atoms with Gasteiger partial charge in [-0.15, -0.1) is 0 Å². The molecule has 0 aliphatic rings. The third-order valence-electron chi connectivity index (χ3n) is 2.87. The molecule has 0 spiro atoms. The van der Waals surface area contributed by atoms with Crippen LogP contribution in [0.4, 0.5) is 5.69 Å². The Morgan fingerprint density at radius 1 is 1.16 bits per heavy atom. The summed E-state index contributed by atoms with van der Waals surface area (Å²) < 4.78 is 0.751. The molecule has 0 atom stereocenters. The van der Waals surface area contributed by atoms with Crippen LogP contribution in [0.2, 0.25) is 0 Å². The molecule has 0 heterocycles. The van der Waals surface area contributed by atoms with E-state index in [1.165, 1.54) is 0 Å². The molecule has 0 fully saturated rings. The number of aryl methyl sites for hydroxylation is 2. The van der Waals surface area contributed by atoms with Crippen LogP contribution in [0.1, 0.15) is 21.5 Å². The lowest BCUT2D eigenvalue weighted by atomic mass is 10.1. The van der Waals surface area contributed by atoms with Crippen molar-refractivity contribution in [3.8, 4) is 5.75 Å². The first-order valence-electron chi connectivity index (χ1n) is 5.85. The molecular formula is C15H14BrNO2. The van der Waals surface area contributed by atoms with Crippen LogP contribution in [0.15, 0.2) is 40.9 Å². The molecule has 0 unspecified atom stereocenters. The fourth-order valence-electron chi connectivity index (χ4n) is 1.96. The Kier molecular flexibility index (Phi) is 3.90. The minimum Gasteiger partial charge on any atom is -0.508 e. The molecule has 19 heavy (non-hydrogen) atoms. The number of phenols is 1. The molecule has 0 aliphatic heterocycles. The standard InChI is InChI=1S/C15H14BrNO2/c1-9-7-11(18)8-10(2)14(9)17-15(19)12-5-3-4-6-13(12)16/h3-8,18H,1-2H3,(H,17,19). The number of phenolic OH excluding ortho intramolecular Hbond substituents is 1. The van der Waals surface area contributed by atoms with Crippen LogP contribution in [0.3, 0.4) is 0 Å². The number of anilines is 1. The number of halogens is 1. The van der Waals surface area contributed by atoms with E-state index in [0.29, 0.717) is 5.56 Å². The van der Waals surface area contributed by atoms with Gasteiger partial charge in [-0.05, 0) is 65.2 Å². The predicted octanol–water partition coefficient (Wildman–Crippen LogP) is 4.02. The topological polar surface area (TPSA) is 49.3 Å². The van der Waals surface area contributed by atoms with Gasteiger partial charge < -0.3 is 10.4 Å². The molecule has 0 aliphatic carbocycles. The zero-order chi connectivity index (χ0) is 14.0. The zero-order valence-corrected chi connectivity index (χ0v) is 12.3. The second-order valence-electron chi connectivity index (χ2n) is 4.39. The van der Waals surface area contributed by atoms with Gasteiger partial charge in [0.25, 0.3) is 5.91 Å². The summed E-state index contributed by atoms with van der Waals surface area (Å²) in [6.45, 7) is 3.70. The van der Waals surface area contributed by atoms with E-state index in [1.54, 1.807) is 18.2 Å². The maximum atomic E-state index is 12.2. The van der Waals surface area contributed by atoms with Crippen molar-refractivity contribution in [1.29, 1.82) is 0 Å². The molecule has 2 aromatic rings. The van der Waals surface area contributed by atoms with Crippen molar-refractivity contribution >= 4 is 27.5 Å². The largest absolute Gasteiger partial charge is 0.508 e. The van der Waals surface area contributed by atoms with Crippen molar-refractivity contribution in [3.63, 3.8) is 0 Å². The van der Waals surface area contributed by atoms with Crippen molar-refractivity contribution in [3.05, 3.63) is 57.6 Å². The second-order valence-corrected chi connectivity index (χ2v) is 5.24. The molecule has 2 N–H and O–H groups in total. The average molecular weight is 320 g/mol. The van der Waals surface area contributed by atoms with Crippen LogP contribution in [-0.2, 0) is 0 Å². The summed E-state index contributed by atoms with van der Waals surface area (Å²) in [5.74, 6) is 0.0262.